The summed E-state index contributed by atoms with van der Waals surface area (Å²) in [5.74, 6) is -0.119. The number of nitrogens with one attached hydrogen (secondary N) is 1. The van der Waals surface area contributed by atoms with Crippen molar-refractivity contribution in [3.05, 3.63) is 59.4 Å². The zero-order valence-corrected chi connectivity index (χ0v) is 10.1. The van der Waals surface area contributed by atoms with Crippen LogP contribution in [0, 0.1) is 0 Å². The van der Waals surface area contributed by atoms with Crippen LogP contribution in [0.1, 0.15) is 5.56 Å². The lowest BCUT2D eigenvalue weighted by Gasteiger charge is -1.99. The topological polar surface area (TPSA) is 54.9 Å². The summed E-state index contributed by atoms with van der Waals surface area (Å²) in [4.78, 5) is 19.3. The van der Waals surface area contributed by atoms with Gasteiger partial charge in [0.2, 0.25) is 5.95 Å². The number of hydrogen-bond acceptors (Lipinski definition) is 3. The first-order chi connectivity index (χ1) is 8.74. The molecule has 0 radical (unpaired) electrons. The maximum absolute atomic E-state index is 11.6. The number of hydrogen-bond donors (Lipinski definition) is 1. The summed E-state index contributed by atoms with van der Waals surface area (Å²) >= 11 is 5.68. The number of rotatable bonds is 3. The van der Waals surface area contributed by atoms with Crippen LogP contribution >= 0.6 is 11.6 Å². The molecule has 2 rings (SSSR count). The largest absolute Gasteiger partial charge is 0.291 e. The Bertz CT molecular complexity index is 569. The number of anilines is 1. The number of amides is 1. The van der Waals surface area contributed by atoms with E-state index in [9.17, 15) is 4.79 Å². The number of aromatic nitrogens is 2. The van der Waals surface area contributed by atoms with Crippen LogP contribution in [0.5, 0.6) is 0 Å². The molecule has 5 heteroatoms. The maximum Gasteiger partial charge on any atom is 0.250 e. The van der Waals surface area contributed by atoms with E-state index in [0.29, 0.717) is 0 Å². The Morgan fingerprint density at radius 1 is 1.22 bits per heavy atom. The normalized spacial score (nSPS) is 10.5. The summed E-state index contributed by atoms with van der Waals surface area (Å²) in [6, 6.07) is 11.1. The molecule has 0 atom stereocenters. The zero-order valence-electron chi connectivity index (χ0n) is 9.38. The van der Waals surface area contributed by atoms with Gasteiger partial charge in [-0.05, 0) is 17.7 Å². The smallest absolute Gasteiger partial charge is 0.250 e. The lowest BCUT2D eigenvalue weighted by atomic mass is 10.2. The molecule has 90 valence electrons. The van der Waals surface area contributed by atoms with Crippen LogP contribution in [0.3, 0.4) is 0 Å². The van der Waals surface area contributed by atoms with Gasteiger partial charge in [-0.2, -0.15) is 0 Å². The van der Waals surface area contributed by atoms with Crippen LogP contribution in [0.2, 0.25) is 5.15 Å². The molecule has 0 saturated carbocycles. The third-order valence-electron chi connectivity index (χ3n) is 2.08. The maximum atomic E-state index is 11.6. The molecule has 1 aromatic carbocycles. The second kappa shape index (κ2) is 5.93. The van der Waals surface area contributed by atoms with Gasteiger partial charge in [-0.1, -0.05) is 41.9 Å². The standard InChI is InChI=1S/C13H10ClN3O/c14-11-8-9-15-13(16-11)17-12(18)7-6-10-4-2-1-3-5-10/h1-9H,(H,15,16,17,18)/b7-6+. The fraction of sp³-hybridized carbons (Fsp3) is 0. The van der Waals surface area contributed by atoms with Crippen molar-refractivity contribution >= 4 is 29.5 Å². The molecule has 2 aromatic rings. The molecule has 0 aliphatic carbocycles. The summed E-state index contributed by atoms with van der Waals surface area (Å²) in [5, 5.41) is 2.81. The molecule has 1 N–H and O–H groups in total. The van der Waals surface area contributed by atoms with Gasteiger partial charge in [0, 0.05) is 12.3 Å². The Kier molecular flexibility index (Phi) is 4.04. The number of benzene rings is 1. The quantitative estimate of drug-likeness (QED) is 0.681. The molecule has 0 aliphatic heterocycles. The lowest BCUT2D eigenvalue weighted by Crippen LogP contribution is -2.10. The second-order valence-electron chi connectivity index (χ2n) is 3.44. The van der Waals surface area contributed by atoms with E-state index in [1.54, 1.807) is 6.08 Å². The second-order valence-corrected chi connectivity index (χ2v) is 3.82. The van der Waals surface area contributed by atoms with E-state index in [2.05, 4.69) is 15.3 Å². The summed E-state index contributed by atoms with van der Waals surface area (Å²) in [6.45, 7) is 0. The molecule has 0 saturated heterocycles. The first-order valence-corrected chi connectivity index (χ1v) is 5.64. The lowest BCUT2D eigenvalue weighted by molar-refractivity contribution is -0.111. The van der Waals surface area contributed by atoms with Crippen molar-refractivity contribution in [2.75, 3.05) is 5.32 Å². The van der Waals surface area contributed by atoms with Crippen LogP contribution in [-0.2, 0) is 4.79 Å². The highest BCUT2D eigenvalue weighted by Crippen LogP contribution is 2.06. The predicted octanol–water partition coefficient (Wildman–Crippen LogP) is 2.78. The first-order valence-electron chi connectivity index (χ1n) is 5.27. The van der Waals surface area contributed by atoms with Gasteiger partial charge in [-0.15, -0.1) is 0 Å². The molecular weight excluding hydrogens is 250 g/mol. The highest BCUT2D eigenvalue weighted by atomic mass is 35.5. The van der Waals surface area contributed by atoms with Gasteiger partial charge < -0.3 is 0 Å². The van der Waals surface area contributed by atoms with E-state index in [1.165, 1.54) is 18.3 Å². The number of carbonyl (C=O) groups excluding carboxylic acids is 1. The van der Waals surface area contributed by atoms with Crippen LogP contribution in [0.25, 0.3) is 6.08 Å². The molecule has 18 heavy (non-hydrogen) atoms. The van der Waals surface area contributed by atoms with Crippen LogP contribution in [0.15, 0.2) is 48.7 Å². The van der Waals surface area contributed by atoms with Crippen LogP contribution in [-0.4, -0.2) is 15.9 Å². The molecule has 4 nitrogen and oxygen atoms in total. The number of halogens is 1. The summed E-state index contributed by atoms with van der Waals surface area (Å²) < 4.78 is 0. The minimum Gasteiger partial charge on any atom is -0.291 e. The fourth-order valence-electron chi connectivity index (χ4n) is 1.28. The Morgan fingerprint density at radius 2 is 2.00 bits per heavy atom. The number of carbonyl (C=O) groups is 1. The summed E-state index contributed by atoms with van der Waals surface area (Å²) in [5.41, 5.74) is 0.944. The molecule has 1 heterocycles. The SMILES string of the molecule is O=C(/C=C/c1ccccc1)Nc1nccc(Cl)n1. The molecule has 1 aromatic heterocycles. The van der Waals surface area contributed by atoms with Crippen LogP contribution in [0.4, 0.5) is 5.95 Å². The van der Waals surface area contributed by atoms with Crippen molar-refractivity contribution in [3.63, 3.8) is 0 Å². The minimum atomic E-state index is -0.305. The highest BCUT2D eigenvalue weighted by molar-refractivity contribution is 6.29. The average molecular weight is 260 g/mol. The predicted molar refractivity (Wildman–Crippen MR) is 71.1 cm³/mol. The molecule has 1 amide bonds. The van der Waals surface area contributed by atoms with E-state index in [-0.39, 0.29) is 17.0 Å². The Hall–Kier alpha value is -2.20. The Labute approximate surface area is 109 Å². The van der Waals surface area contributed by atoms with Crippen molar-refractivity contribution < 1.29 is 4.79 Å². The van der Waals surface area contributed by atoms with Crippen molar-refractivity contribution in [1.82, 2.24) is 9.97 Å². The van der Waals surface area contributed by atoms with Crippen molar-refractivity contribution in [1.29, 1.82) is 0 Å². The Morgan fingerprint density at radius 3 is 2.72 bits per heavy atom. The monoisotopic (exact) mass is 259 g/mol. The third-order valence-corrected chi connectivity index (χ3v) is 2.29. The van der Waals surface area contributed by atoms with E-state index in [4.69, 9.17) is 11.6 Å². The average Bonchev–Trinajstić information content (AvgIpc) is 2.38. The third kappa shape index (κ3) is 3.68. The van der Waals surface area contributed by atoms with Gasteiger partial charge in [-0.25, -0.2) is 9.97 Å². The fourth-order valence-corrected chi connectivity index (χ4v) is 1.42. The summed E-state index contributed by atoms with van der Waals surface area (Å²) in [6.07, 6.45) is 4.60. The van der Waals surface area contributed by atoms with Gasteiger partial charge in [0.15, 0.2) is 0 Å². The molecule has 0 unspecified atom stereocenters. The molecule has 0 spiro atoms. The van der Waals surface area contributed by atoms with Crippen molar-refractivity contribution in [2.45, 2.75) is 0 Å². The molecular formula is C13H10ClN3O. The Balaban J connectivity index is 1.99. The molecule has 0 aliphatic rings. The van der Waals surface area contributed by atoms with Crippen LogP contribution < -0.4 is 5.32 Å². The summed E-state index contributed by atoms with van der Waals surface area (Å²) in [7, 11) is 0. The van der Waals surface area contributed by atoms with Gasteiger partial charge in [0.1, 0.15) is 5.15 Å². The van der Waals surface area contributed by atoms with Gasteiger partial charge >= 0.3 is 0 Å². The molecule has 0 fully saturated rings. The zero-order chi connectivity index (χ0) is 12.8. The van der Waals surface area contributed by atoms with Crippen molar-refractivity contribution in [2.24, 2.45) is 0 Å². The highest BCUT2D eigenvalue weighted by Gasteiger charge is 2.00. The van der Waals surface area contributed by atoms with E-state index < -0.39 is 0 Å². The van der Waals surface area contributed by atoms with Gasteiger partial charge in [0.25, 0.3) is 5.91 Å². The van der Waals surface area contributed by atoms with E-state index >= 15 is 0 Å². The van der Waals surface area contributed by atoms with Gasteiger partial charge in [-0.3, -0.25) is 10.1 Å². The minimum absolute atomic E-state index is 0.185. The van der Waals surface area contributed by atoms with Gasteiger partial charge in [0.05, 0.1) is 0 Å². The van der Waals surface area contributed by atoms with E-state index in [1.807, 2.05) is 30.3 Å². The first kappa shape index (κ1) is 12.3. The molecule has 0 bridgehead atoms. The van der Waals surface area contributed by atoms with E-state index in [0.717, 1.165) is 5.56 Å². The van der Waals surface area contributed by atoms with Crippen molar-refractivity contribution in [3.8, 4) is 0 Å². The number of nitrogens with zero attached hydrogens (tertiary/aromatic N) is 2.